The zero-order valence-corrected chi connectivity index (χ0v) is 12.6. The Morgan fingerprint density at radius 3 is 2.06 bits per heavy atom. The van der Waals surface area contributed by atoms with Gasteiger partial charge in [-0.2, -0.15) is 0 Å². The van der Waals surface area contributed by atoms with E-state index in [0.717, 1.165) is 0 Å². The fourth-order valence-electron chi connectivity index (χ4n) is 1.65. The lowest BCUT2D eigenvalue weighted by atomic mass is 10.1. The minimum atomic E-state index is 0.642. The molecule has 0 aromatic rings. The highest BCUT2D eigenvalue weighted by Crippen LogP contribution is 2.11. The van der Waals surface area contributed by atoms with Crippen molar-refractivity contribution in [3.05, 3.63) is 34.9 Å². The molecule has 0 aliphatic carbocycles. The minimum Gasteiger partial charge on any atom is -0.122 e. The Hall–Kier alpha value is -0.490. The third-order valence-electron chi connectivity index (χ3n) is 2.78. The van der Waals surface area contributed by atoms with Gasteiger partial charge in [0.15, 0.2) is 0 Å². The Morgan fingerprint density at radius 2 is 1.47 bits per heavy atom. The van der Waals surface area contributed by atoms with Crippen LogP contribution in [-0.4, -0.2) is 5.88 Å². The van der Waals surface area contributed by atoms with Crippen LogP contribution < -0.4 is 0 Å². The second-order valence-corrected chi connectivity index (χ2v) is 5.28. The molecule has 0 nitrogen and oxygen atoms in total. The molecule has 0 radical (unpaired) electrons. The number of alkyl halides is 1. The van der Waals surface area contributed by atoms with Crippen LogP contribution in [0.25, 0.3) is 0 Å². The number of hydrogen-bond acceptors (Lipinski definition) is 0. The quantitative estimate of drug-likeness (QED) is 0.282. The predicted octanol–water partition coefficient (Wildman–Crippen LogP) is 6.03. The summed E-state index contributed by atoms with van der Waals surface area (Å²) >= 11 is 5.65. The van der Waals surface area contributed by atoms with Crippen molar-refractivity contribution in [1.29, 1.82) is 0 Å². The summed E-state index contributed by atoms with van der Waals surface area (Å²) in [5.74, 6) is 0.642. The van der Waals surface area contributed by atoms with Crippen LogP contribution in [0, 0.1) is 0 Å². The molecular formula is C16H27Cl. The zero-order valence-electron chi connectivity index (χ0n) is 11.9. The maximum atomic E-state index is 5.65. The van der Waals surface area contributed by atoms with Crippen molar-refractivity contribution in [2.75, 3.05) is 5.88 Å². The van der Waals surface area contributed by atoms with Gasteiger partial charge < -0.3 is 0 Å². The first-order valence-electron chi connectivity index (χ1n) is 6.57. The molecule has 17 heavy (non-hydrogen) atoms. The topological polar surface area (TPSA) is 0 Å². The first-order valence-corrected chi connectivity index (χ1v) is 7.10. The van der Waals surface area contributed by atoms with Crippen LogP contribution in [0.2, 0.25) is 0 Å². The van der Waals surface area contributed by atoms with E-state index in [4.69, 9.17) is 11.6 Å². The fourth-order valence-corrected chi connectivity index (χ4v) is 1.92. The Balaban J connectivity index is 3.70. The van der Waals surface area contributed by atoms with E-state index in [1.807, 2.05) is 0 Å². The van der Waals surface area contributed by atoms with E-state index in [1.54, 1.807) is 0 Å². The molecule has 0 heterocycles. The van der Waals surface area contributed by atoms with Gasteiger partial charge in [0.2, 0.25) is 0 Å². The maximum Gasteiger partial charge on any atom is 0.0406 e. The average Bonchev–Trinajstić information content (AvgIpc) is 2.24. The minimum absolute atomic E-state index is 0.642. The van der Waals surface area contributed by atoms with Gasteiger partial charge in [-0.1, -0.05) is 34.9 Å². The van der Waals surface area contributed by atoms with Crippen LogP contribution in [0.15, 0.2) is 34.9 Å². The van der Waals surface area contributed by atoms with Gasteiger partial charge in [-0.15, -0.1) is 11.6 Å². The summed E-state index contributed by atoms with van der Waals surface area (Å²) in [5, 5.41) is 0. The van der Waals surface area contributed by atoms with Gasteiger partial charge in [0.1, 0.15) is 0 Å². The number of unbranched alkanes of at least 4 members (excludes halogenated alkanes) is 1. The molecule has 0 saturated heterocycles. The summed E-state index contributed by atoms with van der Waals surface area (Å²) in [6.07, 6.45) is 12.8. The molecule has 0 N–H and O–H groups in total. The van der Waals surface area contributed by atoms with E-state index in [9.17, 15) is 0 Å². The lowest BCUT2D eigenvalue weighted by molar-refractivity contribution is 0.819. The molecule has 0 aromatic carbocycles. The van der Waals surface area contributed by atoms with Crippen LogP contribution in [-0.2, 0) is 0 Å². The lowest BCUT2D eigenvalue weighted by Crippen LogP contribution is -1.81. The predicted molar refractivity (Wildman–Crippen MR) is 80.8 cm³/mol. The zero-order chi connectivity index (χ0) is 13.1. The van der Waals surface area contributed by atoms with E-state index >= 15 is 0 Å². The number of hydrogen-bond donors (Lipinski definition) is 0. The largest absolute Gasteiger partial charge is 0.122 e. The van der Waals surface area contributed by atoms with Crippen LogP contribution in [0.5, 0.6) is 0 Å². The molecule has 0 spiro atoms. The molecule has 0 rings (SSSR count). The van der Waals surface area contributed by atoms with Gasteiger partial charge in [-0.25, -0.2) is 0 Å². The molecular weight excluding hydrogens is 228 g/mol. The van der Waals surface area contributed by atoms with Gasteiger partial charge in [-0.3, -0.25) is 0 Å². The number of halogens is 1. The average molecular weight is 255 g/mol. The molecule has 0 amide bonds. The monoisotopic (exact) mass is 254 g/mol. The second kappa shape index (κ2) is 10.7. The molecule has 98 valence electrons. The van der Waals surface area contributed by atoms with E-state index in [-0.39, 0.29) is 0 Å². The Bertz CT molecular complexity index is 278. The molecule has 0 fully saturated rings. The van der Waals surface area contributed by atoms with Gasteiger partial charge in [0, 0.05) is 5.88 Å². The normalized spacial score (nSPS) is 12.8. The van der Waals surface area contributed by atoms with Crippen molar-refractivity contribution < 1.29 is 0 Å². The van der Waals surface area contributed by atoms with Crippen molar-refractivity contribution in [2.24, 2.45) is 0 Å². The van der Waals surface area contributed by atoms with Crippen molar-refractivity contribution >= 4 is 11.6 Å². The highest BCUT2D eigenvalue weighted by molar-refractivity contribution is 6.18. The third kappa shape index (κ3) is 11.8. The highest BCUT2D eigenvalue weighted by Gasteiger charge is 1.91. The van der Waals surface area contributed by atoms with Crippen LogP contribution in [0.1, 0.15) is 59.8 Å². The summed E-state index contributed by atoms with van der Waals surface area (Å²) in [5.41, 5.74) is 4.34. The molecule has 0 bridgehead atoms. The van der Waals surface area contributed by atoms with Gasteiger partial charge in [0.25, 0.3) is 0 Å². The summed E-state index contributed by atoms with van der Waals surface area (Å²) in [6, 6.07) is 0. The summed E-state index contributed by atoms with van der Waals surface area (Å²) in [4.78, 5) is 0. The van der Waals surface area contributed by atoms with Gasteiger partial charge in [-0.05, 0) is 59.8 Å². The van der Waals surface area contributed by atoms with E-state index in [0.29, 0.717) is 5.88 Å². The molecule has 0 aliphatic rings. The molecule has 0 saturated carbocycles. The second-order valence-electron chi connectivity index (χ2n) is 4.97. The summed E-state index contributed by atoms with van der Waals surface area (Å²) < 4.78 is 0. The maximum absolute atomic E-state index is 5.65. The van der Waals surface area contributed by atoms with Gasteiger partial charge in [0.05, 0.1) is 0 Å². The first-order chi connectivity index (χ1) is 8.06. The molecule has 0 atom stereocenters. The van der Waals surface area contributed by atoms with E-state index in [2.05, 4.69) is 45.9 Å². The number of allylic oxidation sites excluding steroid dienone is 6. The summed E-state index contributed by atoms with van der Waals surface area (Å²) in [6.45, 7) is 8.71. The molecule has 0 unspecified atom stereocenters. The first kappa shape index (κ1) is 16.5. The molecule has 0 aromatic heterocycles. The SMILES string of the molecule is CC(C)=CCC/C(C)=C/CCC/C(C)=C/CCl. The van der Waals surface area contributed by atoms with Crippen molar-refractivity contribution in [1.82, 2.24) is 0 Å². The lowest BCUT2D eigenvalue weighted by Gasteiger charge is -2.01. The Labute approximate surface area is 112 Å². The van der Waals surface area contributed by atoms with E-state index < -0.39 is 0 Å². The summed E-state index contributed by atoms with van der Waals surface area (Å²) in [7, 11) is 0. The number of rotatable bonds is 8. The van der Waals surface area contributed by atoms with Crippen LogP contribution >= 0.6 is 11.6 Å². The van der Waals surface area contributed by atoms with Crippen LogP contribution in [0.4, 0.5) is 0 Å². The Kier molecular flexibility index (Phi) is 10.3. The van der Waals surface area contributed by atoms with Crippen molar-refractivity contribution in [3.8, 4) is 0 Å². The molecule has 0 aliphatic heterocycles. The standard InChI is InChI=1S/C16H27Cl/c1-14(2)8-7-11-15(3)9-5-6-10-16(4)12-13-17/h8-9,12H,5-7,10-11,13H2,1-4H3/b15-9+,16-12+. The third-order valence-corrected chi connectivity index (χ3v) is 2.94. The Morgan fingerprint density at radius 1 is 0.824 bits per heavy atom. The van der Waals surface area contributed by atoms with Crippen molar-refractivity contribution in [3.63, 3.8) is 0 Å². The van der Waals surface area contributed by atoms with E-state index in [1.165, 1.54) is 48.8 Å². The fraction of sp³-hybridized carbons (Fsp3) is 0.625. The smallest absolute Gasteiger partial charge is 0.0406 e. The molecule has 1 heteroatoms. The van der Waals surface area contributed by atoms with Crippen LogP contribution in [0.3, 0.4) is 0 Å². The van der Waals surface area contributed by atoms with Crippen molar-refractivity contribution in [2.45, 2.75) is 59.8 Å². The highest BCUT2D eigenvalue weighted by atomic mass is 35.5. The van der Waals surface area contributed by atoms with Gasteiger partial charge >= 0.3 is 0 Å².